The van der Waals surface area contributed by atoms with Gasteiger partial charge in [0.2, 0.25) is 5.95 Å². The van der Waals surface area contributed by atoms with E-state index in [4.69, 9.17) is 14.6 Å². The molecule has 5 rings (SSSR count). The van der Waals surface area contributed by atoms with E-state index in [1.807, 2.05) is 0 Å². The molecular formula is C31H33F3N6O5. The number of nitrogens with one attached hydrogen (secondary N) is 1. The smallest absolute Gasteiger partial charge is 0.416 e. The highest BCUT2D eigenvalue weighted by molar-refractivity contribution is 5.93. The molecule has 0 saturated carbocycles. The highest BCUT2D eigenvalue weighted by atomic mass is 19.4. The number of carboxylic acid groups (broad SMARTS) is 1. The van der Waals surface area contributed by atoms with Crippen molar-refractivity contribution >= 4 is 24.1 Å². The number of rotatable bonds is 6. The quantitative estimate of drug-likeness (QED) is 0.296. The molecule has 0 aliphatic carbocycles. The van der Waals surface area contributed by atoms with E-state index in [-0.39, 0.29) is 29.4 Å². The molecular weight excluding hydrogens is 593 g/mol. The van der Waals surface area contributed by atoms with Crippen LogP contribution in [0.5, 0.6) is 0 Å². The second-order valence-corrected chi connectivity index (χ2v) is 10.9. The number of anilines is 2. The Kier molecular flexibility index (Phi) is 10.1. The molecule has 1 fully saturated rings. The Morgan fingerprint density at radius 1 is 1.27 bits per heavy atom. The molecule has 238 valence electrons. The molecule has 2 N–H and O–H groups in total. The highest BCUT2D eigenvalue weighted by Crippen LogP contribution is 2.44. The molecule has 3 heterocycles. The molecule has 2 atom stereocenters. The number of aromatic amines is 1. The van der Waals surface area contributed by atoms with E-state index in [9.17, 15) is 28.0 Å². The number of carbonyl (C=O) groups excluding carboxylic acids is 1. The fourth-order valence-electron chi connectivity index (χ4n) is 6.11. The molecule has 3 aromatic rings. The molecule has 2 aliphatic rings. The van der Waals surface area contributed by atoms with Crippen molar-refractivity contribution < 1.29 is 32.6 Å². The molecule has 1 unspecified atom stereocenters. The van der Waals surface area contributed by atoms with Gasteiger partial charge in [-0.2, -0.15) is 18.4 Å². The van der Waals surface area contributed by atoms with E-state index in [0.717, 1.165) is 50.0 Å². The zero-order chi connectivity index (χ0) is 32.9. The van der Waals surface area contributed by atoms with Crippen LogP contribution in [0, 0.1) is 17.2 Å². The normalized spacial score (nSPS) is 18.4. The third kappa shape index (κ3) is 6.93. The minimum Gasteiger partial charge on any atom is -0.483 e. The molecule has 1 saturated heterocycles. The number of nitrogens with zero attached hydrogens (tertiary/aromatic N) is 5. The molecule has 0 spiro atoms. The lowest BCUT2D eigenvalue weighted by Crippen LogP contribution is -2.38. The van der Waals surface area contributed by atoms with E-state index in [0.29, 0.717) is 23.5 Å². The third-order valence-corrected chi connectivity index (χ3v) is 8.09. The molecule has 1 aromatic heterocycles. The second-order valence-electron chi connectivity index (χ2n) is 10.9. The molecule has 11 nitrogen and oxygen atoms in total. The number of piperidine rings is 1. The van der Waals surface area contributed by atoms with Crippen LogP contribution in [-0.4, -0.2) is 64.5 Å². The van der Waals surface area contributed by atoms with E-state index in [1.165, 1.54) is 28.7 Å². The fraction of sp³-hybridized carbons (Fsp3) is 0.387. The van der Waals surface area contributed by atoms with Gasteiger partial charge in [0.25, 0.3) is 6.47 Å². The van der Waals surface area contributed by atoms with Gasteiger partial charge in [0.1, 0.15) is 6.04 Å². The topological polar surface area (TPSA) is 145 Å². The minimum atomic E-state index is -4.60. The lowest BCUT2D eigenvalue weighted by Gasteiger charge is -2.36. The standard InChI is InChI=1S/C30H31F3N6O3.CH2O2/c1-18-25(27(40)42-3)26(24-12-10-20(16-34)14-21(24)11-9-19-6-5-13-37(2)17-19)39-28(35-36-29(39)41)38(18)23-8-4-7-22(15-23)30(31,32)33;2-1-3/h4,7-8,10,12,14-15,19,26H,5-6,9,11,13,17H2,1-3H3,(H,36,41);1H,(H,2,3)/t19?,26-;/m1./s1. The Labute approximate surface area is 257 Å². The van der Waals surface area contributed by atoms with Crippen molar-refractivity contribution in [1.29, 1.82) is 5.26 Å². The summed E-state index contributed by atoms with van der Waals surface area (Å²) in [5.41, 5.74) is 0.738. The van der Waals surface area contributed by atoms with Crippen LogP contribution in [0.1, 0.15) is 54.5 Å². The summed E-state index contributed by atoms with van der Waals surface area (Å²) in [7, 11) is 3.30. The molecule has 0 bridgehead atoms. The third-order valence-electron chi connectivity index (χ3n) is 8.09. The van der Waals surface area contributed by atoms with Crippen molar-refractivity contribution in [2.75, 3.05) is 32.1 Å². The summed E-state index contributed by atoms with van der Waals surface area (Å²) in [5, 5.41) is 23.1. The van der Waals surface area contributed by atoms with Gasteiger partial charge in [-0.15, -0.1) is 5.10 Å². The van der Waals surface area contributed by atoms with Gasteiger partial charge in [-0.1, -0.05) is 12.1 Å². The number of nitriles is 1. The summed E-state index contributed by atoms with van der Waals surface area (Å²) in [6, 6.07) is 10.9. The molecule has 2 aromatic carbocycles. The van der Waals surface area contributed by atoms with Crippen molar-refractivity contribution in [3.8, 4) is 6.07 Å². The van der Waals surface area contributed by atoms with Crippen molar-refractivity contribution in [1.82, 2.24) is 19.7 Å². The number of likely N-dealkylation sites (tertiary alicyclic amines) is 1. The molecule has 14 heteroatoms. The van der Waals surface area contributed by atoms with Gasteiger partial charge in [0.05, 0.1) is 29.9 Å². The predicted octanol–water partition coefficient (Wildman–Crippen LogP) is 4.63. The number of carbonyl (C=O) groups is 2. The van der Waals surface area contributed by atoms with E-state index in [2.05, 4.69) is 28.2 Å². The van der Waals surface area contributed by atoms with Gasteiger partial charge in [-0.3, -0.25) is 9.69 Å². The number of hydrogen-bond donors (Lipinski definition) is 2. The van der Waals surface area contributed by atoms with Crippen molar-refractivity contribution in [2.45, 2.75) is 44.8 Å². The Bertz CT molecular complexity index is 1690. The second kappa shape index (κ2) is 13.8. The number of benzene rings is 2. The Hall–Kier alpha value is -4.90. The van der Waals surface area contributed by atoms with E-state index in [1.54, 1.807) is 25.1 Å². The minimum absolute atomic E-state index is 0.0266. The maximum absolute atomic E-state index is 13.6. The number of hydrogen-bond acceptors (Lipinski definition) is 8. The average Bonchev–Trinajstić information content (AvgIpc) is 3.39. The van der Waals surface area contributed by atoms with Gasteiger partial charge in [-0.25, -0.2) is 19.3 Å². The van der Waals surface area contributed by atoms with Crippen molar-refractivity contribution in [3.63, 3.8) is 0 Å². The number of fused-ring (bicyclic) bond motifs is 1. The average molecular weight is 627 g/mol. The van der Waals surface area contributed by atoms with Crippen LogP contribution in [0.3, 0.4) is 0 Å². The van der Waals surface area contributed by atoms with Crippen molar-refractivity contribution in [3.05, 3.63) is 86.5 Å². The lowest BCUT2D eigenvalue weighted by molar-refractivity contribution is -0.138. The summed E-state index contributed by atoms with van der Waals surface area (Å²) in [6.45, 7) is 3.35. The fourth-order valence-corrected chi connectivity index (χ4v) is 6.11. The van der Waals surface area contributed by atoms with Crippen LogP contribution in [0.15, 0.2) is 58.5 Å². The van der Waals surface area contributed by atoms with Gasteiger partial charge in [0.15, 0.2) is 0 Å². The first-order chi connectivity index (χ1) is 21.4. The van der Waals surface area contributed by atoms with Crippen molar-refractivity contribution in [2.24, 2.45) is 5.92 Å². The summed E-state index contributed by atoms with van der Waals surface area (Å²) in [4.78, 5) is 38.7. The molecule has 45 heavy (non-hydrogen) atoms. The Morgan fingerprint density at radius 3 is 2.64 bits per heavy atom. The van der Waals surface area contributed by atoms with Crippen LogP contribution in [0.4, 0.5) is 24.8 Å². The van der Waals surface area contributed by atoms with Crippen LogP contribution in [0.2, 0.25) is 0 Å². The summed E-state index contributed by atoms with van der Waals surface area (Å²) >= 11 is 0. The SMILES string of the molecule is COC(=O)C1=C(C)N(c2cccc(C(F)(F)F)c2)c2n[nH]c(=O)n2[C@@H]1c1ccc(C#N)cc1CCC1CCCN(C)C1.O=CO. The zero-order valence-corrected chi connectivity index (χ0v) is 25.0. The number of alkyl halides is 3. The maximum Gasteiger partial charge on any atom is 0.416 e. The van der Waals surface area contributed by atoms with E-state index >= 15 is 0 Å². The Morgan fingerprint density at radius 2 is 2.00 bits per heavy atom. The number of aromatic nitrogens is 3. The number of methoxy groups -OCH3 is 1. The number of allylic oxidation sites excluding steroid dienone is 1. The molecule has 0 amide bonds. The first-order valence-electron chi connectivity index (χ1n) is 14.2. The molecule has 2 aliphatic heterocycles. The van der Waals surface area contributed by atoms with Gasteiger partial charge in [-0.05, 0) is 93.6 Å². The number of H-pyrrole nitrogens is 1. The van der Waals surface area contributed by atoms with Gasteiger partial charge < -0.3 is 14.7 Å². The first kappa shape index (κ1) is 33.0. The summed E-state index contributed by atoms with van der Waals surface area (Å²) < 4.78 is 47.2. The Balaban J connectivity index is 0.00000148. The number of aryl methyl sites for hydroxylation is 1. The number of esters is 1. The molecule has 0 radical (unpaired) electrons. The van der Waals surface area contributed by atoms with E-state index < -0.39 is 29.4 Å². The zero-order valence-electron chi connectivity index (χ0n) is 25.0. The monoisotopic (exact) mass is 626 g/mol. The van der Waals surface area contributed by atoms with Gasteiger partial charge in [0, 0.05) is 17.9 Å². The summed E-state index contributed by atoms with van der Waals surface area (Å²) in [5.74, 6) is -0.259. The number of ether oxygens (including phenoxy) is 1. The van der Waals surface area contributed by atoms with Crippen LogP contribution in [0.25, 0.3) is 0 Å². The lowest BCUT2D eigenvalue weighted by atomic mass is 9.86. The van der Waals surface area contributed by atoms with Crippen LogP contribution in [-0.2, 0) is 26.9 Å². The summed E-state index contributed by atoms with van der Waals surface area (Å²) in [6.07, 6.45) is -0.967. The largest absolute Gasteiger partial charge is 0.483 e. The number of halogens is 3. The van der Waals surface area contributed by atoms with Crippen LogP contribution >= 0.6 is 0 Å². The predicted molar refractivity (Wildman–Crippen MR) is 158 cm³/mol. The maximum atomic E-state index is 13.6. The highest BCUT2D eigenvalue weighted by Gasteiger charge is 2.41. The van der Waals surface area contributed by atoms with Gasteiger partial charge >= 0.3 is 17.8 Å². The van der Waals surface area contributed by atoms with Crippen LogP contribution < -0.4 is 10.6 Å². The first-order valence-corrected chi connectivity index (χ1v) is 14.2.